The molecule has 33 heavy (non-hydrogen) atoms. The van der Waals surface area contributed by atoms with Crippen LogP contribution < -0.4 is 0 Å². The predicted molar refractivity (Wildman–Crippen MR) is 129 cm³/mol. The Kier molecular flexibility index (Phi) is 6.84. The predicted octanol–water partition coefficient (Wildman–Crippen LogP) is 5.56. The summed E-state index contributed by atoms with van der Waals surface area (Å²) >= 11 is 0. The molecule has 170 valence electrons. The van der Waals surface area contributed by atoms with E-state index in [1.165, 1.54) is 0 Å². The van der Waals surface area contributed by atoms with Gasteiger partial charge in [-0.1, -0.05) is 66.7 Å². The quantitative estimate of drug-likeness (QED) is 0.495. The highest BCUT2D eigenvalue weighted by Crippen LogP contribution is 2.27. The fourth-order valence-corrected chi connectivity index (χ4v) is 3.68. The van der Waals surface area contributed by atoms with Gasteiger partial charge < -0.3 is 9.47 Å². The molecule has 0 bridgehead atoms. The molecule has 6 heteroatoms. The van der Waals surface area contributed by atoms with E-state index in [1.807, 2.05) is 99.6 Å². The van der Waals surface area contributed by atoms with Crippen LogP contribution in [0.1, 0.15) is 43.6 Å². The number of pyridine rings is 1. The number of rotatable bonds is 4. The van der Waals surface area contributed by atoms with Gasteiger partial charge in [-0.05, 0) is 32.9 Å². The summed E-state index contributed by atoms with van der Waals surface area (Å²) in [6.07, 6.45) is -0.360. The third-order valence-electron chi connectivity index (χ3n) is 5.17. The summed E-state index contributed by atoms with van der Waals surface area (Å²) in [7, 11) is 0. The van der Waals surface area contributed by atoms with Gasteiger partial charge in [-0.15, -0.1) is 0 Å². The van der Waals surface area contributed by atoms with Crippen molar-refractivity contribution in [1.82, 2.24) is 9.88 Å². The van der Waals surface area contributed by atoms with Crippen molar-refractivity contribution in [3.63, 3.8) is 0 Å². The number of nitrogens with zero attached hydrogens (tertiary/aromatic N) is 3. The lowest BCUT2D eigenvalue weighted by Gasteiger charge is -2.36. The minimum absolute atomic E-state index is 0.333. The molecule has 0 aliphatic carbocycles. The maximum absolute atomic E-state index is 12.8. The average Bonchev–Trinajstić information content (AvgIpc) is 2.83. The molecule has 4 rings (SSSR count). The van der Waals surface area contributed by atoms with Crippen molar-refractivity contribution >= 4 is 17.6 Å². The monoisotopic (exact) mass is 443 g/mol. The molecule has 6 nitrogen and oxygen atoms in total. The van der Waals surface area contributed by atoms with Crippen LogP contribution in [-0.4, -0.2) is 47.0 Å². The van der Waals surface area contributed by atoms with Crippen LogP contribution in [0.4, 0.5) is 10.6 Å². The number of morpholine rings is 1. The first-order valence-corrected chi connectivity index (χ1v) is 11.1. The summed E-state index contributed by atoms with van der Waals surface area (Å²) in [5, 5.41) is 0. The Bertz CT molecular complexity index is 1070. The molecule has 0 radical (unpaired) electrons. The number of amides is 1. The average molecular weight is 444 g/mol. The van der Waals surface area contributed by atoms with Crippen LogP contribution in [0.3, 0.4) is 0 Å². The lowest BCUT2D eigenvalue weighted by Crippen LogP contribution is -2.45. The maximum atomic E-state index is 12.8. The number of aromatic nitrogens is 1. The van der Waals surface area contributed by atoms with Gasteiger partial charge in [0.25, 0.3) is 0 Å². The van der Waals surface area contributed by atoms with Crippen LogP contribution in [0.25, 0.3) is 0 Å². The van der Waals surface area contributed by atoms with Gasteiger partial charge in [0.2, 0.25) is 0 Å². The second kappa shape index (κ2) is 9.96. The molecule has 2 heterocycles. The lowest BCUT2D eigenvalue weighted by molar-refractivity contribution is -0.0340. The first kappa shape index (κ1) is 22.7. The molecule has 1 unspecified atom stereocenters. The largest absolute Gasteiger partial charge is 0.444 e. The van der Waals surface area contributed by atoms with Gasteiger partial charge in [-0.25, -0.2) is 14.8 Å². The highest BCUT2D eigenvalue weighted by molar-refractivity contribution is 6.13. The number of carbonyl (C=O) groups excluding carboxylic acids is 1. The Morgan fingerprint density at radius 1 is 0.970 bits per heavy atom. The molecule has 1 saturated heterocycles. The Labute approximate surface area is 194 Å². The fourth-order valence-electron chi connectivity index (χ4n) is 3.68. The molecule has 1 fully saturated rings. The van der Waals surface area contributed by atoms with Crippen LogP contribution in [0.2, 0.25) is 0 Å². The summed E-state index contributed by atoms with van der Waals surface area (Å²) in [4.78, 5) is 24.2. The highest BCUT2D eigenvalue weighted by atomic mass is 16.6. The molecule has 0 saturated carbocycles. The fraction of sp³-hybridized carbons (Fsp3) is 0.296. The Morgan fingerprint density at radius 2 is 1.61 bits per heavy atom. The minimum Gasteiger partial charge on any atom is -0.444 e. The van der Waals surface area contributed by atoms with Crippen LogP contribution in [-0.2, 0) is 9.47 Å². The van der Waals surface area contributed by atoms with Gasteiger partial charge >= 0.3 is 6.09 Å². The summed E-state index contributed by atoms with van der Waals surface area (Å²) < 4.78 is 11.3. The molecule has 2 aromatic carbocycles. The van der Waals surface area contributed by atoms with E-state index in [4.69, 9.17) is 19.5 Å². The van der Waals surface area contributed by atoms with Crippen molar-refractivity contribution in [3.8, 4) is 0 Å². The van der Waals surface area contributed by atoms with E-state index in [0.29, 0.717) is 25.6 Å². The Morgan fingerprint density at radius 3 is 2.21 bits per heavy atom. The molecule has 1 atom stereocenters. The molecular formula is C27H29N3O3. The number of aliphatic imine (C=N–C) groups is 1. The van der Waals surface area contributed by atoms with Gasteiger partial charge in [0.1, 0.15) is 11.6 Å². The maximum Gasteiger partial charge on any atom is 0.411 e. The van der Waals surface area contributed by atoms with Crippen molar-refractivity contribution in [2.75, 3.05) is 19.8 Å². The SMILES string of the molecule is CC(C)(C)OC(=O)N1CCOCC1c1cccc(N=C(c2ccccc2)c2ccccc2)n1. The van der Waals surface area contributed by atoms with E-state index in [1.54, 1.807) is 4.90 Å². The van der Waals surface area contributed by atoms with Gasteiger partial charge in [0.15, 0.2) is 5.82 Å². The molecule has 0 spiro atoms. The van der Waals surface area contributed by atoms with Gasteiger partial charge in [0, 0.05) is 17.7 Å². The summed E-state index contributed by atoms with van der Waals surface area (Å²) in [5.74, 6) is 0.574. The van der Waals surface area contributed by atoms with E-state index in [9.17, 15) is 4.79 Å². The molecular weight excluding hydrogens is 414 g/mol. The number of hydrogen-bond donors (Lipinski definition) is 0. The van der Waals surface area contributed by atoms with Crippen molar-refractivity contribution in [2.24, 2.45) is 4.99 Å². The third-order valence-corrected chi connectivity index (χ3v) is 5.17. The molecule has 3 aromatic rings. The topological polar surface area (TPSA) is 64.0 Å². The summed E-state index contributed by atoms with van der Waals surface area (Å²) in [6, 6.07) is 25.5. The zero-order chi connectivity index (χ0) is 23.3. The minimum atomic E-state index is -0.570. The molecule has 1 amide bonds. The molecule has 1 aromatic heterocycles. The van der Waals surface area contributed by atoms with E-state index in [2.05, 4.69) is 0 Å². The lowest BCUT2D eigenvalue weighted by atomic mass is 10.0. The first-order valence-electron chi connectivity index (χ1n) is 11.1. The first-order chi connectivity index (χ1) is 15.9. The molecule has 0 N–H and O–H groups in total. The normalized spacial score (nSPS) is 16.2. The van der Waals surface area contributed by atoms with Gasteiger partial charge in [-0.2, -0.15) is 0 Å². The van der Waals surface area contributed by atoms with Crippen LogP contribution in [0.15, 0.2) is 83.9 Å². The number of ether oxygens (including phenoxy) is 2. The number of benzene rings is 2. The van der Waals surface area contributed by atoms with Crippen molar-refractivity contribution in [1.29, 1.82) is 0 Å². The number of hydrogen-bond acceptors (Lipinski definition) is 5. The zero-order valence-electron chi connectivity index (χ0n) is 19.3. The Balaban J connectivity index is 1.68. The smallest absolute Gasteiger partial charge is 0.411 e. The van der Waals surface area contributed by atoms with Crippen molar-refractivity contribution in [3.05, 3.63) is 95.7 Å². The highest BCUT2D eigenvalue weighted by Gasteiger charge is 2.33. The Hall–Kier alpha value is -3.51. The van der Waals surface area contributed by atoms with E-state index >= 15 is 0 Å². The van der Waals surface area contributed by atoms with Gasteiger partial charge in [0.05, 0.1) is 24.6 Å². The van der Waals surface area contributed by atoms with Crippen LogP contribution in [0.5, 0.6) is 0 Å². The van der Waals surface area contributed by atoms with E-state index in [-0.39, 0.29) is 12.1 Å². The summed E-state index contributed by atoms with van der Waals surface area (Å²) in [6.45, 7) is 6.88. The zero-order valence-corrected chi connectivity index (χ0v) is 19.3. The third kappa shape index (κ3) is 5.84. The molecule has 1 aliphatic rings. The van der Waals surface area contributed by atoms with E-state index < -0.39 is 5.60 Å². The standard InChI is InChI=1S/C27H29N3O3/c1-27(2,3)33-26(31)30-17-18-32-19-23(30)22-15-10-16-24(28-22)29-25(20-11-6-4-7-12-20)21-13-8-5-9-14-21/h4-16,23H,17-19H2,1-3H3. The summed E-state index contributed by atoms with van der Waals surface area (Å²) in [5.41, 5.74) is 3.01. The number of carbonyl (C=O) groups is 1. The van der Waals surface area contributed by atoms with Crippen molar-refractivity contribution < 1.29 is 14.3 Å². The van der Waals surface area contributed by atoms with E-state index in [0.717, 1.165) is 22.5 Å². The second-order valence-electron chi connectivity index (χ2n) is 8.88. The molecule has 1 aliphatic heterocycles. The van der Waals surface area contributed by atoms with Crippen molar-refractivity contribution in [2.45, 2.75) is 32.4 Å². The van der Waals surface area contributed by atoms with Crippen LogP contribution in [0, 0.1) is 0 Å². The van der Waals surface area contributed by atoms with Crippen LogP contribution >= 0.6 is 0 Å². The second-order valence-corrected chi connectivity index (χ2v) is 8.88. The van der Waals surface area contributed by atoms with Gasteiger partial charge in [-0.3, -0.25) is 4.90 Å².